The summed E-state index contributed by atoms with van der Waals surface area (Å²) >= 11 is 0. The lowest BCUT2D eigenvalue weighted by atomic mass is 10.00. The molecule has 0 bridgehead atoms. The van der Waals surface area contributed by atoms with Gasteiger partial charge in [-0.1, -0.05) is 61.4 Å². The van der Waals surface area contributed by atoms with Gasteiger partial charge in [0.05, 0.1) is 12.1 Å². The summed E-state index contributed by atoms with van der Waals surface area (Å²) in [4.78, 5) is 24.7. The summed E-state index contributed by atoms with van der Waals surface area (Å²) in [6.07, 6.45) is 8.24. The lowest BCUT2D eigenvalue weighted by Gasteiger charge is -2.22. The van der Waals surface area contributed by atoms with Crippen LogP contribution in [0.25, 0.3) is 11.1 Å². The number of nitrogens with zero attached hydrogens (tertiary/aromatic N) is 1. The standard InChI is InChI=1S/C27H32FNO4/c28-23-11-9-21(10-12-23)22-7-5-6-20(18-22)19-25(30)15-13-24-14-16-26(31)29(24)17-4-2-1-3-8-27(32)33/h5-7,9-13,15,18,24-25,30H,1-4,8,14,16-17,19H2,(H,32,33)/b15-13+/t24?,25-/m1/s1. The zero-order valence-corrected chi connectivity index (χ0v) is 18.8. The summed E-state index contributed by atoms with van der Waals surface area (Å²) in [7, 11) is 0. The molecule has 0 saturated carbocycles. The molecule has 3 rings (SSSR count). The fourth-order valence-corrected chi connectivity index (χ4v) is 4.24. The number of amides is 1. The number of carbonyl (C=O) groups excluding carboxylic acids is 1. The first-order chi connectivity index (χ1) is 15.9. The van der Waals surface area contributed by atoms with Gasteiger partial charge >= 0.3 is 5.97 Å². The number of carbonyl (C=O) groups is 2. The molecule has 5 nitrogen and oxygen atoms in total. The number of aliphatic hydroxyl groups excluding tert-OH is 1. The number of hydrogen-bond donors (Lipinski definition) is 2. The number of aliphatic carboxylic acids is 1. The van der Waals surface area contributed by atoms with E-state index in [1.807, 2.05) is 35.2 Å². The van der Waals surface area contributed by atoms with Crippen molar-refractivity contribution < 1.29 is 24.2 Å². The number of hydrogen-bond acceptors (Lipinski definition) is 3. The molecular weight excluding hydrogens is 421 g/mol. The highest BCUT2D eigenvalue weighted by Crippen LogP contribution is 2.23. The lowest BCUT2D eigenvalue weighted by molar-refractivity contribution is -0.137. The second kappa shape index (κ2) is 12.3. The normalized spacial score (nSPS) is 17.1. The molecule has 6 heteroatoms. The SMILES string of the molecule is O=C(O)CCCCCCN1C(=O)CCC1/C=C/[C@@H](O)Cc1cccc(-c2ccc(F)cc2)c1. The molecule has 1 unspecified atom stereocenters. The summed E-state index contributed by atoms with van der Waals surface area (Å²) in [6.45, 7) is 0.663. The number of rotatable bonds is 12. The molecule has 2 aromatic rings. The molecule has 1 saturated heterocycles. The van der Waals surface area contributed by atoms with Gasteiger partial charge in [0.25, 0.3) is 0 Å². The summed E-state index contributed by atoms with van der Waals surface area (Å²) in [5.41, 5.74) is 2.88. The summed E-state index contributed by atoms with van der Waals surface area (Å²) in [5, 5.41) is 19.2. The van der Waals surface area contributed by atoms with Crippen LogP contribution in [-0.4, -0.2) is 45.7 Å². The molecule has 1 aliphatic rings. The molecular formula is C27H32FNO4. The molecule has 1 heterocycles. The van der Waals surface area contributed by atoms with Crippen molar-refractivity contribution in [2.45, 2.75) is 63.5 Å². The zero-order chi connectivity index (χ0) is 23.6. The van der Waals surface area contributed by atoms with Crippen LogP contribution in [0.5, 0.6) is 0 Å². The Bertz CT molecular complexity index is 957. The van der Waals surface area contributed by atoms with Crippen molar-refractivity contribution in [3.63, 3.8) is 0 Å². The maximum Gasteiger partial charge on any atom is 0.303 e. The second-order valence-electron chi connectivity index (χ2n) is 8.61. The van der Waals surface area contributed by atoms with Crippen molar-refractivity contribution >= 4 is 11.9 Å². The fourth-order valence-electron chi connectivity index (χ4n) is 4.24. The van der Waals surface area contributed by atoms with Crippen molar-refractivity contribution in [1.82, 2.24) is 4.90 Å². The third-order valence-corrected chi connectivity index (χ3v) is 6.02. The monoisotopic (exact) mass is 453 g/mol. The van der Waals surface area contributed by atoms with E-state index in [-0.39, 0.29) is 24.2 Å². The van der Waals surface area contributed by atoms with Crippen LogP contribution < -0.4 is 0 Å². The molecule has 2 atom stereocenters. The number of likely N-dealkylation sites (tertiary alicyclic amines) is 1. The third-order valence-electron chi connectivity index (χ3n) is 6.02. The van der Waals surface area contributed by atoms with Gasteiger partial charge in [-0.25, -0.2) is 4.39 Å². The molecule has 0 radical (unpaired) electrons. The predicted molar refractivity (Wildman–Crippen MR) is 126 cm³/mol. The van der Waals surface area contributed by atoms with Crippen molar-refractivity contribution in [3.8, 4) is 11.1 Å². The van der Waals surface area contributed by atoms with Gasteiger partial charge in [0, 0.05) is 25.8 Å². The fraction of sp³-hybridized carbons (Fsp3) is 0.407. The summed E-state index contributed by atoms with van der Waals surface area (Å²) < 4.78 is 13.2. The number of carboxylic acids is 1. The summed E-state index contributed by atoms with van der Waals surface area (Å²) in [6, 6.07) is 14.2. The van der Waals surface area contributed by atoms with E-state index >= 15 is 0 Å². The highest BCUT2D eigenvalue weighted by atomic mass is 19.1. The molecule has 0 aliphatic carbocycles. The Kier molecular flexibility index (Phi) is 9.19. The van der Waals surface area contributed by atoms with E-state index in [1.165, 1.54) is 12.1 Å². The first kappa shape index (κ1) is 24.6. The van der Waals surface area contributed by atoms with Crippen LogP contribution in [0.15, 0.2) is 60.7 Å². The van der Waals surface area contributed by atoms with E-state index < -0.39 is 12.1 Å². The molecule has 2 N–H and O–H groups in total. The van der Waals surface area contributed by atoms with E-state index in [0.717, 1.165) is 42.4 Å². The van der Waals surface area contributed by atoms with Gasteiger partial charge in [0.15, 0.2) is 0 Å². The Hall–Kier alpha value is -2.99. The Labute approximate surface area is 194 Å². The molecule has 2 aromatic carbocycles. The van der Waals surface area contributed by atoms with E-state index in [1.54, 1.807) is 18.2 Å². The topological polar surface area (TPSA) is 77.8 Å². The largest absolute Gasteiger partial charge is 0.481 e. The van der Waals surface area contributed by atoms with Crippen LogP contribution in [0, 0.1) is 5.82 Å². The molecule has 0 spiro atoms. The first-order valence-corrected chi connectivity index (χ1v) is 11.6. The number of halogens is 1. The molecule has 1 amide bonds. The Morgan fingerprint density at radius 2 is 1.85 bits per heavy atom. The van der Waals surface area contributed by atoms with Crippen LogP contribution in [0.4, 0.5) is 4.39 Å². The van der Waals surface area contributed by atoms with E-state index in [4.69, 9.17) is 5.11 Å². The quantitative estimate of drug-likeness (QED) is 0.351. The van der Waals surface area contributed by atoms with Crippen molar-refractivity contribution in [3.05, 3.63) is 72.1 Å². The first-order valence-electron chi connectivity index (χ1n) is 11.6. The lowest BCUT2D eigenvalue weighted by Crippen LogP contribution is -2.32. The van der Waals surface area contributed by atoms with Crippen molar-refractivity contribution in [2.24, 2.45) is 0 Å². The van der Waals surface area contributed by atoms with Gasteiger partial charge in [-0.15, -0.1) is 0 Å². The van der Waals surface area contributed by atoms with Crippen LogP contribution >= 0.6 is 0 Å². The van der Waals surface area contributed by atoms with Gasteiger partial charge in [0.2, 0.25) is 5.91 Å². The average molecular weight is 454 g/mol. The highest BCUT2D eigenvalue weighted by Gasteiger charge is 2.28. The van der Waals surface area contributed by atoms with Crippen LogP contribution in [0.3, 0.4) is 0 Å². The molecule has 0 aromatic heterocycles. The van der Waals surface area contributed by atoms with Crippen LogP contribution in [-0.2, 0) is 16.0 Å². The number of aliphatic hydroxyl groups is 1. The second-order valence-corrected chi connectivity index (χ2v) is 8.61. The number of benzene rings is 2. The average Bonchev–Trinajstić information content (AvgIpc) is 3.14. The number of carboxylic acid groups (broad SMARTS) is 1. The maximum absolute atomic E-state index is 13.2. The van der Waals surface area contributed by atoms with E-state index in [2.05, 4.69) is 0 Å². The van der Waals surface area contributed by atoms with Gasteiger partial charge in [-0.05, 0) is 48.1 Å². The Morgan fingerprint density at radius 1 is 1.09 bits per heavy atom. The summed E-state index contributed by atoms with van der Waals surface area (Å²) in [5.74, 6) is -0.902. The Balaban J connectivity index is 1.50. The van der Waals surface area contributed by atoms with Gasteiger partial charge in [-0.2, -0.15) is 0 Å². The molecule has 176 valence electrons. The smallest absolute Gasteiger partial charge is 0.303 e. The van der Waals surface area contributed by atoms with Crippen LogP contribution in [0.1, 0.15) is 50.5 Å². The zero-order valence-electron chi connectivity index (χ0n) is 18.8. The van der Waals surface area contributed by atoms with Gasteiger partial charge in [0.1, 0.15) is 5.82 Å². The minimum Gasteiger partial charge on any atom is -0.481 e. The maximum atomic E-state index is 13.2. The molecule has 1 fully saturated rings. The predicted octanol–water partition coefficient (Wildman–Crippen LogP) is 4.98. The van der Waals surface area contributed by atoms with Gasteiger partial charge in [-0.3, -0.25) is 9.59 Å². The highest BCUT2D eigenvalue weighted by molar-refractivity contribution is 5.79. The molecule has 33 heavy (non-hydrogen) atoms. The van der Waals surface area contributed by atoms with Gasteiger partial charge < -0.3 is 15.1 Å². The van der Waals surface area contributed by atoms with E-state index in [0.29, 0.717) is 25.8 Å². The molecule has 1 aliphatic heterocycles. The number of unbranched alkanes of at least 4 members (excludes halogenated alkanes) is 3. The minimum atomic E-state index is -0.768. The minimum absolute atomic E-state index is 0.00304. The van der Waals surface area contributed by atoms with Crippen LogP contribution in [0.2, 0.25) is 0 Å². The van der Waals surface area contributed by atoms with Crippen molar-refractivity contribution in [1.29, 1.82) is 0 Å². The van der Waals surface area contributed by atoms with Crippen molar-refractivity contribution in [2.75, 3.05) is 6.54 Å². The third kappa shape index (κ3) is 7.82. The van der Waals surface area contributed by atoms with E-state index in [9.17, 15) is 19.1 Å². The Morgan fingerprint density at radius 3 is 2.61 bits per heavy atom.